The minimum atomic E-state index is -0.407. The SMILES string of the molecule is CC(C)(C)NN.Cc1ccc(C(=O)Cl)c(C)c1C.Cl.O=C(Cl)c1ccccc1. The van der Waals surface area contributed by atoms with Gasteiger partial charge >= 0.3 is 0 Å². The summed E-state index contributed by atoms with van der Waals surface area (Å²) < 4.78 is 0. The average molecular weight is 448 g/mol. The van der Waals surface area contributed by atoms with Crippen LogP contribution < -0.4 is 11.3 Å². The molecule has 0 aromatic heterocycles. The van der Waals surface area contributed by atoms with Crippen LogP contribution in [0.2, 0.25) is 0 Å². The van der Waals surface area contributed by atoms with Crippen LogP contribution in [0.5, 0.6) is 0 Å². The highest BCUT2D eigenvalue weighted by Crippen LogP contribution is 2.18. The second-order valence-corrected chi connectivity index (χ2v) is 7.67. The summed E-state index contributed by atoms with van der Waals surface area (Å²) in [6.07, 6.45) is 0. The molecule has 0 saturated carbocycles. The van der Waals surface area contributed by atoms with E-state index in [1.165, 1.54) is 5.56 Å². The molecular weight excluding hydrogens is 419 g/mol. The second kappa shape index (κ2) is 13.7. The Labute approximate surface area is 184 Å². The third-order valence-electron chi connectivity index (χ3n) is 3.70. The molecule has 0 radical (unpaired) electrons. The Bertz CT molecular complexity index is 758. The summed E-state index contributed by atoms with van der Waals surface area (Å²) in [5.74, 6) is 5.06. The Morgan fingerprint density at radius 2 is 1.32 bits per heavy atom. The van der Waals surface area contributed by atoms with E-state index in [9.17, 15) is 9.59 Å². The lowest BCUT2D eigenvalue weighted by atomic mass is 10.00. The third-order valence-corrected chi connectivity index (χ3v) is 4.13. The summed E-state index contributed by atoms with van der Waals surface area (Å²) in [5, 5.41) is -0.786. The summed E-state index contributed by atoms with van der Waals surface area (Å²) in [6.45, 7) is 11.9. The summed E-state index contributed by atoms with van der Waals surface area (Å²) in [4.78, 5) is 21.3. The zero-order chi connectivity index (χ0) is 21.2. The molecule has 0 spiro atoms. The van der Waals surface area contributed by atoms with E-state index in [1.54, 1.807) is 30.3 Å². The quantitative estimate of drug-likeness (QED) is 0.350. The first-order valence-electron chi connectivity index (χ1n) is 8.40. The number of carbonyl (C=O) groups is 2. The Balaban J connectivity index is 0. The lowest BCUT2D eigenvalue weighted by Gasteiger charge is -2.14. The standard InChI is InChI=1S/C10H11ClO.C7H5ClO.C4H12N2.ClH/c1-6-4-5-9(10(11)12)8(3)7(6)2;8-7(9)6-4-2-1-3-5-6;1-4(2,3)6-5;/h4-5H,1-3H3;1-5H;6H,5H2,1-3H3;1H. The highest BCUT2D eigenvalue weighted by Gasteiger charge is 2.08. The van der Waals surface area contributed by atoms with Crippen molar-refractivity contribution < 1.29 is 9.59 Å². The fourth-order valence-corrected chi connectivity index (χ4v) is 2.07. The van der Waals surface area contributed by atoms with Crippen molar-refractivity contribution in [1.82, 2.24) is 5.43 Å². The molecule has 7 heteroatoms. The van der Waals surface area contributed by atoms with Crippen LogP contribution in [0.3, 0.4) is 0 Å². The van der Waals surface area contributed by atoms with Crippen molar-refractivity contribution >= 4 is 46.1 Å². The minimum Gasteiger partial charge on any atom is -0.276 e. The first-order chi connectivity index (χ1) is 12.4. The number of hydrogen-bond donors (Lipinski definition) is 2. The normalized spacial score (nSPS) is 9.75. The van der Waals surface area contributed by atoms with Crippen LogP contribution in [0.25, 0.3) is 0 Å². The van der Waals surface area contributed by atoms with Gasteiger partial charge in [-0.25, -0.2) is 0 Å². The van der Waals surface area contributed by atoms with Gasteiger partial charge in [-0.15, -0.1) is 12.4 Å². The van der Waals surface area contributed by atoms with Crippen molar-refractivity contribution in [3.63, 3.8) is 0 Å². The molecule has 3 N–H and O–H groups in total. The summed E-state index contributed by atoms with van der Waals surface area (Å²) in [7, 11) is 0. The Hall–Kier alpha value is -1.43. The molecular formula is C21H29Cl3N2O2. The largest absolute Gasteiger partial charge is 0.276 e. The molecule has 28 heavy (non-hydrogen) atoms. The number of nitrogens with one attached hydrogen (secondary N) is 1. The molecule has 0 aliphatic carbocycles. The molecule has 0 aliphatic heterocycles. The zero-order valence-electron chi connectivity index (χ0n) is 17.1. The van der Waals surface area contributed by atoms with Crippen LogP contribution >= 0.6 is 35.6 Å². The van der Waals surface area contributed by atoms with Crippen molar-refractivity contribution in [2.24, 2.45) is 5.84 Å². The number of aryl methyl sites for hydroxylation is 1. The average Bonchev–Trinajstić information content (AvgIpc) is 2.60. The molecule has 0 atom stereocenters. The van der Waals surface area contributed by atoms with Gasteiger partial charge in [0.25, 0.3) is 10.5 Å². The van der Waals surface area contributed by atoms with Gasteiger partial charge in [-0.1, -0.05) is 36.4 Å². The van der Waals surface area contributed by atoms with Gasteiger partial charge in [0.2, 0.25) is 0 Å². The van der Waals surface area contributed by atoms with Crippen LogP contribution in [-0.4, -0.2) is 16.0 Å². The van der Waals surface area contributed by atoms with E-state index >= 15 is 0 Å². The molecule has 0 amide bonds. The fourth-order valence-electron chi connectivity index (χ4n) is 1.74. The van der Waals surface area contributed by atoms with E-state index in [4.69, 9.17) is 29.0 Å². The van der Waals surface area contributed by atoms with Crippen LogP contribution in [-0.2, 0) is 0 Å². The van der Waals surface area contributed by atoms with E-state index < -0.39 is 5.24 Å². The summed E-state index contributed by atoms with van der Waals surface area (Å²) >= 11 is 10.6. The minimum absolute atomic E-state index is 0. The van der Waals surface area contributed by atoms with Gasteiger partial charge < -0.3 is 0 Å². The molecule has 0 bridgehead atoms. The van der Waals surface area contributed by atoms with E-state index in [2.05, 4.69) is 5.43 Å². The number of rotatable bonds is 2. The van der Waals surface area contributed by atoms with E-state index in [0.717, 1.165) is 11.1 Å². The lowest BCUT2D eigenvalue weighted by Crippen LogP contribution is -2.41. The third kappa shape index (κ3) is 11.4. The maximum Gasteiger partial charge on any atom is 0.252 e. The number of hydrazine groups is 1. The predicted molar refractivity (Wildman–Crippen MR) is 122 cm³/mol. The molecule has 2 aromatic rings. The Morgan fingerprint density at radius 1 is 0.857 bits per heavy atom. The van der Waals surface area contributed by atoms with Crippen molar-refractivity contribution in [3.8, 4) is 0 Å². The number of hydrogen-bond acceptors (Lipinski definition) is 4. The van der Waals surface area contributed by atoms with E-state index in [1.807, 2.05) is 53.7 Å². The zero-order valence-corrected chi connectivity index (χ0v) is 19.4. The first kappa shape index (κ1) is 28.8. The maximum absolute atomic E-state index is 10.9. The molecule has 0 fully saturated rings. The molecule has 4 nitrogen and oxygen atoms in total. The van der Waals surface area contributed by atoms with Crippen molar-refractivity contribution in [3.05, 3.63) is 70.3 Å². The van der Waals surface area contributed by atoms with Gasteiger partial charge in [-0.2, -0.15) is 0 Å². The lowest BCUT2D eigenvalue weighted by molar-refractivity contribution is 0.107. The molecule has 156 valence electrons. The number of halogens is 3. The number of nitrogens with two attached hydrogens (primary N) is 1. The topological polar surface area (TPSA) is 72.2 Å². The molecule has 0 heterocycles. The van der Waals surface area contributed by atoms with E-state index in [0.29, 0.717) is 11.1 Å². The number of benzene rings is 2. The molecule has 0 saturated heterocycles. The molecule has 2 aromatic carbocycles. The molecule has 2 rings (SSSR count). The van der Waals surface area contributed by atoms with Crippen LogP contribution in [0, 0.1) is 20.8 Å². The maximum atomic E-state index is 10.9. The van der Waals surface area contributed by atoms with Gasteiger partial charge in [-0.05, 0) is 87.5 Å². The van der Waals surface area contributed by atoms with Crippen molar-refractivity contribution in [2.45, 2.75) is 47.1 Å². The first-order valence-corrected chi connectivity index (χ1v) is 9.15. The van der Waals surface area contributed by atoms with Gasteiger partial charge in [-0.3, -0.25) is 20.9 Å². The van der Waals surface area contributed by atoms with E-state index in [-0.39, 0.29) is 23.2 Å². The number of carbonyl (C=O) groups excluding carboxylic acids is 2. The molecule has 0 unspecified atom stereocenters. The van der Waals surface area contributed by atoms with Gasteiger partial charge in [0.05, 0.1) is 0 Å². The van der Waals surface area contributed by atoms with Crippen molar-refractivity contribution in [1.29, 1.82) is 0 Å². The molecule has 0 aliphatic rings. The smallest absolute Gasteiger partial charge is 0.252 e. The highest BCUT2D eigenvalue weighted by atomic mass is 35.5. The monoisotopic (exact) mass is 446 g/mol. The van der Waals surface area contributed by atoms with Gasteiger partial charge in [0.1, 0.15) is 0 Å². The summed E-state index contributed by atoms with van der Waals surface area (Å²) in [5.41, 5.74) is 7.14. The van der Waals surface area contributed by atoms with Crippen molar-refractivity contribution in [2.75, 3.05) is 0 Å². The second-order valence-electron chi connectivity index (χ2n) is 6.99. The Kier molecular flexibility index (Phi) is 14.1. The Morgan fingerprint density at radius 3 is 1.64 bits per heavy atom. The van der Waals surface area contributed by atoms with Crippen LogP contribution in [0.4, 0.5) is 0 Å². The van der Waals surface area contributed by atoms with Gasteiger partial charge in [0.15, 0.2) is 0 Å². The van der Waals surface area contributed by atoms with Crippen LogP contribution in [0.1, 0.15) is 58.2 Å². The predicted octanol–water partition coefficient (Wildman–Crippen LogP) is 5.73. The highest BCUT2D eigenvalue weighted by molar-refractivity contribution is 6.68. The van der Waals surface area contributed by atoms with Gasteiger partial charge in [0, 0.05) is 16.7 Å². The fraction of sp³-hybridized carbons (Fsp3) is 0.333. The summed E-state index contributed by atoms with van der Waals surface area (Å²) in [6, 6.07) is 12.4. The van der Waals surface area contributed by atoms with Crippen LogP contribution in [0.15, 0.2) is 42.5 Å².